The first-order valence-corrected chi connectivity index (χ1v) is 8.38. The van der Waals surface area contributed by atoms with Gasteiger partial charge in [0.25, 0.3) is 11.6 Å². The molecule has 2 heterocycles. The van der Waals surface area contributed by atoms with Crippen molar-refractivity contribution in [2.45, 2.75) is 18.8 Å². The van der Waals surface area contributed by atoms with E-state index >= 15 is 0 Å². The molecule has 1 amide bonds. The lowest BCUT2D eigenvalue weighted by Crippen LogP contribution is -2.26. The highest BCUT2D eigenvalue weighted by molar-refractivity contribution is 7.15. The number of hydrogen-bond donors (Lipinski definition) is 3. The predicted octanol–water partition coefficient (Wildman–Crippen LogP) is 2.35. The van der Waals surface area contributed by atoms with Gasteiger partial charge in [-0.2, -0.15) is 0 Å². The predicted molar refractivity (Wildman–Crippen MR) is 92.4 cm³/mol. The van der Waals surface area contributed by atoms with Gasteiger partial charge in [0.05, 0.1) is 10.5 Å². The van der Waals surface area contributed by atoms with E-state index in [0.29, 0.717) is 11.0 Å². The fraction of sp³-hybridized carbons (Fsp3) is 0.333. The number of nitrogen functional groups attached to an aromatic ring is 1. The van der Waals surface area contributed by atoms with Gasteiger partial charge in [-0.3, -0.25) is 20.2 Å². The number of amides is 1. The van der Waals surface area contributed by atoms with Crippen molar-refractivity contribution in [1.82, 2.24) is 10.3 Å². The largest absolute Gasteiger partial charge is 0.393 e. The van der Waals surface area contributed by atoms with Crippen molar-refractivity contribution in [2.75, 3.05) is 24.1 Å². The average Bonchev–Trinajstić information content (AvgIpc) is 3.04. The molecular weight excluding hydrogens is 330 g/mol. The Morgan fingerprint density at radius 2 is 2.17 bits per heavy atom. The Kier molecular flexibility index (Phi) is 4.72. The third-order valence-electron chi connectivity index (χ3n) is 4.01. The molecule has 0 saturated carbocycles. The van der Waals surface area contributed by atoms with E-state index in [9.17, 15) is 14.9 Å². The van der Waals surface area contributed by atoms with Gasteiger partial charge in [0.1, 0.15) is 5.69 Å². The summed E-state index contributed by atoms with van der Waals surface area (Å²) in [5, 5.41) is 17.4. The lowest BCUT2D eigenvalue weighted by molar-refractivity contribution is -0.383. The van der Waals surface area contributed by atoms with Gasteiger partial charge >= 0.3 is 0 Å². The topological polar surface area (TPSA) is 123 Å². The van der Waals surface area contributed by atoms with Crippen LogP contribution in [0.15, 0.2) is 24.4 Å². The number of piperidine rings is 1. The highest BCUT2D eigenvalue weighted by atomic mass is 32.1. The van der Waals surface area contributed by atoms with E-state index in [1.165, 1.54) is 29.5 Å². The number of nitrogens with zero attached hydrogens (tertiary/aromatic N) is 2. The summed E-state index contributed by atoms with van der Waals surface area (Å²) in [6.07, 6.45) is 3.88. The van der Waals surface area contributed by atoms with Gasteiger partial charge in [-0.1, -0.05) is 6.07 Å². The molecule has 0 unspecified atom stereocenters. The maximum absolute atomic E-state index is 12.3. The molecule has 0 spiro atoms. The van der Waals surface area contributed by atoms with Crippen LogP contribution in [0.3, 0.4) is 0 Å². The number of nitrogens with one attached hydrogen (secondary N) is 2. The van der Waals surface area contributed by atoms with Crippen molar-refractivity contribution >= 4 is 33.8 Å². The highest BCUT2D eigenvalue weighted by Gasteiger charge is 2.21. The number of rotatable bonds is 4. The summed E-state index contributed by atoms with van der Waals surface area (Å²) in [6, 6.07) is 4.16. The molecule has 126 valence electrons. The highest BCUT2D eigenvalue weighted by Crippen LogP contribution is 2.32. The molecule has 0 atom stereocenters. The summed E-state index contributed by atoms with van der Waals surface area (Å²) in [6.45, 7) is 1.96. The number of para-hydroxylation sites is 1. The van der Waals surface area contributed by atoms with Gasteiger partial charge < -0.3 is 11.1 Å². The van der Waals surface area contributed by atoms with E-state index in [0.717, 1.165) is 30.8 Å². The molecule has 1 aliphatic rings. The van der Waals surface area contributed by atoms with Crippen LogP contribution in [0.4, 0.5) is 16.5 Å². The molecule has 24 heavy (non-hydrogen) atoms. The second-order valence-electron chi connectivity index (χ2n) is 5.54. The van der Waals surface area contributed by atoms with Gasteiger partial charge in [0.2, 0.25) is 0 Å². The number of hydrogen-bond acceptors (Lipinski definition) is 7. The first-order chi connectivity index (χ1) is 11.6. The summed E-state index contributed by atoms with van der Waals surface area (Å²) >= 11 is 1.43. The minimum atomic E-state index is -0.606. The number of nitrogens with two attached hydrogens (primary N) is 1. The minimum Gasteiger partial charge on any atom is -0.393 e. The Bertz CT molecular complexity index is 770. The van der Waals surface area contributed by atoms with Crippen LogP contribution in [0.1, 0.15) is 34.0 Å². The number of benzene rings is 1. The zero-order valence-electron chi connectivity index (χ0n) is 12.8. The number of anilines is 2. The lowest BCUT2D eigenvalue weighted by Gasteiger charge is -2.20. The van der Waals surface area contributed by atoms with Crippen molar-refractivity contribution in [3.05, 3.63) is 45.0 Å². The lowest BCUT2D eigenvalue weighted by atomic mass is 9.97. The summed E-state index contributed by atoms with van der Waals surface area (Å²) in [5.74, 6) is -0.0419. The summed E-state index contributed by atoms with van der Waals surface area (Å²) < 4.78 is 0. The number of nitro groups is 1. The molecule has 9 heteroatoms. The summed E-state index contributed by atoms with van der Waals surface area (Å²) in [4.78, 5) is 28.0. The van der Waals surface area contributed by atoms with E-state index in [1.54, 1.807) is 6.20 Å². The van der Waals surface area contributed by atoms with Crippen molar-refractivity contribution in [3.8, 4) is 0 Å². The summed E-state index contributed by atoms with van der Waals surface area (Å²) in [7, 11) is 0. The molecule has 3 rings (SSSR count). The standard InChI is InChI=1S/C15H17N5O3S/c16-13-10(2-1-3-11(13)20(22)23)14(21)19-15-18-8-12(24-15)9-4-6-17-7-5-9/h1-3,8-9,17H,4-7,16H2,(H,18,19,21). The Hall–Kier alpha value is -2.52. The Morgan fingerprint density at radius 1 is 1.42 bits per heavy atom. The maximum Gasteiger partial charge on any atom is 0.292 e. The van der Waals surface area contributed by atoms with Crippen LogP contribution in [-0.4, -0.2) is 28.9 Å². The third kappa shape index (κ3) is 3.36. The normalized spacial score (nSPS) is 15.2. The molecule has 0 radical (unpaired) electrons. The van der Waals surface area contributed by atoms with Crippen LogP contribution in [0.5, 0.6) is 0 Å². The zero-order valence-corrected chi connectivity index (χ0v) is 13.6. The molecule has 1 fully saturated rings. The smallest absolute Gasteiger partial charge is 0.292 e. The molecule has 8 nitrogen and oxygen atoms in total. The number of nitro benzene ring substituents is 1. The fourth-order valence-electron chi connectivity index (χ4n) is 2.71. The van der Waals surface area contributed by atoms with Crippen molar-refractivity contribution in [2.24, 2.45) is 0 Å². The Balaban J connectivity index is 1.75. The molecule has 1 aliphatic heterocycles. The van der Waals surface area contributed by atoms with Gasteiger partial charge in [0, 0.05) is 17.1 Å². The van der Waals surface area contributed by atoms with Gasteiger partial charge in [-0.25, -0.2) is 4.98 Å². The van der Waals surface area contributed by atoms with E-state index in [-0.39, 0.29) is 16.9 Å². The molecule has 0 aliphatic carbocycles. The molecule has 1 saturated heterocycles. The SMILES string of the molecule is Nc1c(C(=O)Nc2ncc(C3CCNCC3)s2)cccc1[N+](=O)[O-]. The van der Waals surface area contributed by atoms with Crippen LogP contribution < -0.4 is 16.4 Å². The Morgan fingerprint density at radius 3 is 2.88 bits per heavy atom. The van der Waals surface area contributed by atoms with Crippen molar-refractivity contribution in [1.29, 1.82) is 0 Å². The van der Waals surface area contributed by atoms with E-state index in [2.05, 4.69) is 15.6 Å². The van der Waals surface area contributed by atoms with Crippen molar-refractivity contribution in [3.63, 3.8) is 0 Å². The van der Waals surface area contributed by atoms with Crippen LogP contribution in [0.2, 0.25) is 0 Å². The number of carbonyl (C=O) groups excluding carboxylic acids is 1. The van der Waals surface area contributed by atoms with Gasteiger partial charge in [-0.05, 0) is 37.9 Å². The quantitative estimate of drug-likeness (QED) is 0.443. The molecule has 1 aromatic heterocycles. The number of thiazole rings is 1. The second kappa shape index (κ2) is 6.93. The molecule has 0 bridgehead atoms. The third-order valence-corrected chi connectivity index (χ3v) is 5.09. The monoisotopic (exact) mass is 347 g/mol. The molecule has 1 aromatic carbocycles. The molecule has 2 aromatic rings. The van der Waals surface area contributed by atoms with Gasteiger partial charge in [-0.15, -0.1) is 11.3 Å². The Labute approximate surface area is 142 Å². The van der Waals surface area contributed by atoms with Crippen LogP contribution in [0.25, 0.3) is 0 Å². The first kappa shape index (κ1) is 16.3. The average molecular weight is 347 g/mol. The number of aromatic nitrogens is 1. The second-order valence-corrected chi connectivity index (χ2v) is 6.60. The maximum atomic E-state index is 12.3. The van der Waals surface area contributed by atoms with Crippen LogP contribution >= 0.6 is 11.3 Å². The van der Waals surface area contributed by atoms with Crippen LogP contribution in [-0.2, 0) is 0 Å². The summed E-state index contributed by atoms with van der Waals surface area (Å²) in [5.41, 5.74) is 5.38. The molecular formula is C15H17N5O3S. The van der Waals surface area contributed by atoms with E-state index < -0.39 is 10.8 Å². The van der Waals surface area contributed by atoms with Gasteiger partial charge in [0.15, 0.2) is 5.13 Å². The fourth-order valence-corrected chi connectivity index (χ4v) is 3.69. The van der Waals surface area contributed by atoms with Crippen molar-refractivity contribution < 1.29 is 9.72 Å². The molecule has 4 N–H and O–H groups in total. The van der Waals surface area contributed by atoms with E-state index in [1.807, 2.05) is 0 Å². The first-order valence-electron chi connectivity index (χ1n) is 7.57. The van der Waals surface area contributed by atoms with Crippen LogP contribution in [0, 0.1) is 10.1 Å². The zero-order chi connectivity index (χ0) is 17.1. The number of carbonyl (C=O) groups is 1. The minimum absolute atomic E-state index is 0.0721. The van der Waals surface area contributed by atoms with E-state index in [4.69, 9.17) is 5.73 Å².